The van der Waals surface area contributed by atoms with Crippen molar-refractivity contribution < 1.29 is 0 Å². The monoisotopic (exact) mass is 410 g/mol. The van der Waals surface area contributed by atoms with Gasteiger partial charge < -0.3 is 10.6 Å². The van der Waals surface area contributed by atoms with Gasteiger partial charge in [0.05, 0.1) is 5.02 Å². The molecule has 2 rings (SSSR count). The zero-order valence-corrected chi connectivity index (χ0v) is 17.4. The largest absolute Gasteiger partial charge is 0.383 e. The number of nitrogens with one attached hydrogen (secondary N) is 1. The summed E-state index contributed by atoms with van der Waals surface area (Å²) in [7, 11) is 0. The summed E-state index contributed by atoms with van der Waals surface area (Å²) in [6.07, 6.45) is 2.63. The molecule has 1 aromatic heterocycles. The molecular weight excluding hydrogens is 384 g/mol. The summed E-state index contributed by atoms with van der Waals surface area (Å²) in [5.74, 6) is 1.12. The molecule has 0 unspecified atom stereocenters. The van der Waals surface area contributed by atoms with Crippen LogP contribution in [0.2, 0.25) is 5.02 Å². The van der Waals surface area contributed by atoms with Crippen LogP contribution in [-0.2, 0) is 6.54 Å². The number of aromatic amines is 1. The first kappa shape index (κ1) is 21.4. The van der Waals surface area contributed by atoms with Gasteiger partial charge in [0.25, 0.3) is 5.56 Å². The summed E-state index contributed by atoms with van der Waals surface area (Å²) in [6.45, 7) is 5.83. The fourth-order valence-corrected chi connectivity index (χ4v) is 4.02. The normalized spacial score (nSPS) is 10.9. The highest BCUT2D eigenvalue weighted by molar-refractivity contribution is 7.99. The highest BCUT2D eigenvalue weighted by Gasteiger charge is 2.17. The number of halogens is 1. The van der Waals surface area contributed by atoms with Crippen molar-refractivity contribution in [1.29, 1.82) is 0 Å². The Balaban J connectivity index is 2.09. The molecule has 0 aliphatic rings. The van der Waals surface area contributed by atoms with Crippen molar-refractivity contribution in [2.24, 2.45) is 0 Å². The van der Waals surface area contributed by atoms with Crippen molar-refractivity contribution in [3.05, 3.63) is 50.1 Å². The van der Waals surface area contributed by atoms with Gasteiger partial charge >= 0.3 is 5.69 Å². The van der Waals surface area contributed by atoms with Crippen LogP contribution >= 0.6 is 23.4 Å². The van der Waals surface area contributed by atoms with Gasteiger partial charge in [-0.2, -0.15) is 0 Å². The smallest absolute Gasteiger partial charge is 0.330 e. The predicted molar refractivity (Wildman–Crippen MR) is 115 cm³/mol. The minimum Gasteiger partial charge on any atom is -0.383 e. The van der Waals surface area contributed by atoms with E-state index in [4.69, 9.17) is 17.3 Å². The topological polar surface area (TPSA) is 84.1 Å². The van der Waals surface area contributed by atoms with Gasteiger partial charge in [-0.25, -0.2) is 4.79 Å². The molecule has 0 atom stereocenters. The van der Waals surface area contributed by atoms with Gasteiger partial charge in [-0.3, -0.25) is 14.3 Å². The van der Waals surface area contributed by atoms with E-state index in [2.05, 4.69) is 4.98 Å². The first-order valence-electron chi connectivity index (χ1n) is 9.24. The van der Waals surface area contributed by atoms with Crippen LogP contribution in [0.15, 0.2) is 38.8 Å². The number of rotatable bonds is 10. The van der Waals surface area contributed by atoms with E-state index in [1.165, 1.54) is 4.57 Å². The first-order chi connectivity index (χ1) is 13.0. The maximum Gasteiger partial charge on any atom is 0.330 e. The van der Waals surface area contributed by atoms with Gasteiger partial charge in [0.15, 0.2) is 0 Å². The van der Waals surface area contributed by atoms with E-state index in [-0.39, 0.29) is 5.82 Å². The van der Waals surface area contributed by atoms with Gasteiger partial charge in [0.2, 0.25) is 0 Å². The highest BCUT2D eigenvalue weighted by Crippen LogP contribution is 2.27. The zero-order chi connectivity index (χ0) is 19.8. The molecule has 0 amide bonds. The molecule has 0 saturated carbocycles. The molecule has 1 heterocycles. The Labute approximate surface area is 168 Å². The Morgan fingerprint density at radius 1 is 1.22 bits per heavy atom. The Bertz CT molecular complexity index is 866. The lowest BCUT2D eigenvalue weighted by Crippen LogP contribution is -2.39. The molecule has 0 bridgehead atoms. The number of hydrogen-bond acceptors (Lipinski definition) is 5. The minimum absolute atomic E-state index is 0.248. The SMILES string of the molecule is CCCCn1c(N)c(N(CC)CCCSc2ccccc2Cl)c(=O)[nH]c1=O. The maximum atomic E-state index is 12.4. The van der Waals surface area contributed by atoms with E-state index < -0.39 is 11.2 Å². The van der Waals surface area contributed by atoms with E-state index in [9.17, 15) is 9.59 Å². The van der Waals surface area contributed by atoms with Gasteiger partial charge in [0.1, 0.15) is 11.5 Å². The van der Waals surface area contributed by atoms with E-state index >= 15 is 0 Å². The molecule has 0 radical (unpaired) electrons. The van der Waals surface area contributed by atoms with Crippen LogP contribution in [-0.4, -0.2) is 28.4 Å². The number of nitrogens with two attached hydrogens (primary N) is 1. The molecule has 0 aliphatic heterocycles. The summed E-state index contributed by atoms with van der Waals surface area (Å²) < 4.78 is 1.46. The summed E-state index contributed by atoms with van der Waals surface area (Å²) in [5, 5.41) is 0.749. The maximum absolute atomic E-state index is 12.4. The van der Waals surface area contributed by atoms with Gasteiger partial charge in [0, 0.05) is 24.5 Å². The lowest BCUT2D eigenvalue weighted by molar-refractivity contribution is 0.602. The Hall–Kier alpha value is -1.86. The van der Waals surface area contributed by atoms with E-state index in [0.717, 1.165) is 34.9 Å². The minimum atomic E-state index is -0.444. The van der Waals surface area contributed by atoms with Crippen LogP contribution < -0.4 is 21.9 Å². The molecule has 3 N–H and O–H groups in total. The Morgan fingerprint density at radius 2 is 1.96 bits per heavy atom. The van der Waals surface area contributed by atoms with Crippen molar-refractivity contribution in [1.82, 2.24) is 9.55 Å². The van der Waals surface area contributed by atoms with Crippen LogP contribution in [0.1, 0.15) is 33.1 Å². The van der Waals surface area contributed by atoms with Crippen LogP contribution in [0.4, 0.5) is 11.5 Å². The third-order valence-corrected chi connectivity index (χ3v) is 5.92. The van der Waals surface area contributed by atoms with Crippen LogP contribution in [0, 0.1) is 0 Å². The van der Waals surface area contributed by atoms with Gasteiger partial charge in [-0.1, -0.05) is 37.1 Å². The molecule has 2 aromatic rings. The summed E-state index contributed by atoms with van der Waals surface area (Å²) in [4.78, 5) is 29.8. The molecule has 1 aromatic carbocycles. The lowest BCUT2D eigenvalue weighted by Gasteiger charge is -2.24. The van der Waals surface area contributed by atoms with E-state index in [1.807, 2.05) is 43.0 Å². The van der Waals surface area contributed by atoms with E-state index in [0.29, 0.717) is 25.3 Å². The van der Waals surface area contributed by atoms with Crippen molar-refractivity contribution in [2.45, 2.75) is 44.6 Å². The number of anilines is 2. The second-order valence-corrected chi connectivity index (χ2v) is 7.75. The van der Waals surface area contributed by atoms with Crippen LogP contribution in [0.3, 0.4) is 0 Å². The quantitative estimate of drug-likeness (QED) is 0.462. The average Bonchev–Trinajstić information content (AvgIpc) is 2.64. The molecule has 8 heteroatoms. The highest BCUT2D eigenvalue weighted by atomic mass is 35.5. The standard InChI is InChI=1S/C19H27ClN4O2S/c1-3-5-12-24-17(21)16(18(25)22-19(24)26)23(4-2)11-8-13-27-15-10-7-6-9-14(15)20/h6-7,9-10H,3-5,8,11-13,21H2,1-2H3,(H,22,25,26). The van der Waals surface area contributed by atoms with E-state index in [1.54, 1.807) is 11.8 Å². The second kappa shape index (κ2) is 10.5. The number of hydrogen-bond donors (Lipinski definition) is 2. The molecule has 27 heavy (non-hydrogen) atoms. The molecule has 0 aliphatic carbocycles. The number of H-pyrrole nitrogens is 1. The molecule has 148 valence electrons. The summed E-state index contributed by atoms with van der Waals surface area (Å²) >= 11 is 7.87. The number of benzene rings is 1. The molecule has 0 fully saturated rings. The third-order valence-electron chi connectivity index (χ3n) is 4.31. The van der Waals surface area contributed by atoms with Crippen molar-refractivity contribution >= 4 is 34.9 Å². The van der Waals surface area contributed by atoms with Crippen LogP contribution in [0.5, 0.6) is 0 Å². The van der Waals surface area contributed by atoms with Crippen molar-refractivity contribution in [3.63, 3.8) is 0 Å². The number of unbranched alkanes of at least 4 members (excludes halogenated alkanes) is 1. The van der Waals surface area contributed by atoms with Gasteiger partial charge in [-0.05, 0) is 37.7 Å². The Morgan fingerprint density at radius 3 is 2.63 bits per heavy atom. The molecule has 0 spiro atoms. The molecular formula is C19H27ClN4O2S. The summed E-state index contributed by atoms with van der Waals surface area (Å²) in [5.41, 5.74) is 5.71. The average molecular weight is 411 g/mol. The number of nitrogens with zero attached hydrogens (tertiary/aromatic N) is 2. The first-order valence-corrected chi connectivity index (χ1v) is 10.6. The van der Waals surface area contributed by atoms with Crippen LogP contribution in [0.25, 0.3) is 0 Å². The number of nitrogen functional groups attached to an aromatic ring is 1. The Kier molecular flexibility index (Phi) is 8.31. The fraction of sp³-hybridized carbons (Fsp3) is 0.474. The number of aromatic nitrogens is 2. The van der Waals surface area contributed by atoms with Gasteiger partial charge in [-0.15, -0.1) is 11.8 Å². The van der Waals surface area contributed by atoms with Crippen molar-refractivity contribution in [3.8, 4) is 0 Å². The molecule has 6 nitrogen and oxygen atoms in total. The third kappa shape index (κ3) is 5.56. The van der Waals surface area contributed by atoms with Crippen molar-refractivity contribution in [2.75, 3.05) is 29.5 Å². The second-order valence-electron chi connectivity index (χ2n) is 6.21. The zero-order valence-electron chi connectivity index (χ0n) is 15.8. The summed E-state index contributed by atoms with van der Waals surface area (Å²) in [6, 6.07) is 7.75. The lowest BCUT2D eigenvalue weighted by atomic mass is 10.3. The number of thioether (sulfide) groups is 1. The molecule has 0 saturated heterocycles. The predicted octanol–water partition coefficient (Wildman–Crippen LogP) is 3.58. The fourth-order valence-electron chi connectivity index (χ4n) is 2.85.